The molecular weight excluding hydrogens is 1850 g/mol. The Balaban J connectivity index is 1.07. The number of amides is 6. The number of carbonyl (C=O) groups excluding carboxylic acids is 6. The highest BCUT2D eigenvalue weighted by Crippen LogP contribution is 2.44. The van der Waals surface area contributed by atoms with Crippen molar-refractivity contribution in [1.29, 1.82) is 0 Å². The fourth-order valence-corrected chi connectivity index (χ4v) is 17.4. The van der Waals surface area contributed by atoms with E-state index in [0.29, 0.717) is 0 Å². The quantitative estimate of drug-likeness (QED) is 0.0275. The SMILES string of the molecule is CC(=O)N[C@@H]1[C@@H](O)[C@H](O[C@@H]2O[C@H](CO)[C@@H](O[C@@H]3O[C@H](CO[C@H]4O[C@H](CO)[C@@H](O)[C@H](O)[C@@H]4O[C@@H]4O[C@H](CO)[C@@H](O)[C@H](O)[C@H]4NC(C)=O)[C@@H](O[C@@H]4O[C@H](CO)[C@@H](O)[C@H](O)[C@H]4NC(C)=O)[C@H](O[C@H]4O[C@H](CO)[C@@H](O)[C@H](O)[C@@H]4O[C@@H]4O[C@H](CO)[C@@H](O[C@@H]5O[C@H](CO)[C@H](O)[C@H](O[C@]6(C(=O)O)C[C@H](O)[C@@H](NC(C)=O)[C@H]([C@H](O)[C@H](O)CO)O6)[C@H]5O)[C@H](O)[C@H]4NC(C)=O)[C@@H]3O)[C@H](O)[C@H]2NC(C)=O)[C@@H](CO)O[C@@H]1O. The van der Waals surface area contributed by atoms with Gasteiger partial charge in [-0.1, -0.05) is 0 Å². The summed E-state index contributed by atoms with van der Waals surface area (Å²) in [6.45, 7) is -6.92. The number of aliphatic hydroxyl groups is 27. The number of carbonyl (C=O) groups is 7. The lowest BCUT2D eigenvalue weighted by Gasteiger charge is -2.52. The first-order valence-corrected chi connectivity index (χ1v) is 42.8. The Morgan fingerprint density at radius 2 is 0.600 bits per heavy atom. The lowest BCUT2D eigenvalue weighted by atomic mass is 9.88. The average Bonchev–Trinajstić information content (AvgIpc) is 0.750. The number of aliphatic hydroxyl groups excluding tert-OH is 27. The number of aliphatic carboxylic acids is 1. The second kappa shape index (κ2) is 48.5. The molecule has 0 unspecified atom stereocenters. The maximum absolute atomic E-state index is 13.5. The first kappa shape index (κ1) is 111. The van der Waals surface area contributed by atoms with Gasteiger partial charge < -0.3 is 265 Å². The van der Waals surface area contributed by atoms with E-state index >= 15 is 0 Å². The standard InChI is InChI=1S/C75H124N6O54/c1-18(91)76-35-24(97)7-75(74(115)116,134-60(35)41(99)25(98)8-82)135-61-46(104)30(13-87)121-70(54(61)112)128-57-33(16-90)125-69(40(51(57)109)81-23(6)96)133-64-53(111)45(103)29(12-86)123-73(64)131-62-55(113)71(129-58-32(15-89)124-68(39(50(58)108)80-22(5)95)127-56-31(14-88)118-65(114)36(49(56)107)77-19(2)92)126-34(59(62)130-66-37(78-20(3)93)47(105)42(100)26(9-83)119-66)17-117-72-63(52(110)44(102)28(11-85)122-72)132-67-38(79-21(4)94)48(106)43(101)27(10-84)120-67/h24-73,82-90,97-114H,7-17H2,1-6H3,(H,76,91)(H,77,92)(H,78,93)(H,79,94)(H,80,95)(H,81,96)(H,115,116)/t24-,25+,26+,27+,28+,29+,30+,31+,32+,33+,34+,35+,36+,37+,38+,39+,40+,41+,42+,43+,44+,45+,46-,47+,48+,49+,50+,51+,52-,53-,54+,55-,56+,57+,58+,59+,60+,61-,62+,63-,64-,65-,66-,67-,68-,69-,70-,71-,72-,73+,75-/m0/s1. The maximum atomic E-state index is 13.5. The highest BCUT2D eigenvalue weighted by Gasteiger charge is 2.65. The Kier molecular flexibility index (Phi) is 40.0. The number of carboxylic acid groups (broad SMARTS) is 1. The summed E-state index contributed by atoms with van der Waals surface area (Å²) in [7, 11) is 0. The van der Waals surface area contributed by atoms with Crippen LogP contribution in [0.5, 0.6) is 0 Å². The number of carboxylic acids is 1. The van der Waals surface area contributed by atoms with Gasteiger partial charge in [0, 0.05) is 48.0 Å². The molecule has 135 heavy (non-hydrogen) atoms. The first-order chi connectivity index (χ1) is 63.7. The van der Waals surface area contributed by atoms with Gasteiger partial charge in [0.15, 0.2) is 56.6 Å². The predicted molar refractivity (Wildman–Crippen MR) is 416 cm³/mol. The summed E-state index contributed by atoms with van der Waals surface area (Å²) >= 11 is 0. The van der Waals surface area contributed by atoms with Gasteiger partial charge in [0.2, 0.25) is 35.4 Å². The monoisotopic (exact) mass is 1970 g/mol. The van der Waals surface area contributed by atoms with Crippen LogP contribution in [-0.4, -0.2) is 563 Å². The molecule has 0 radical (unpaired) electrons. The smallest absolute Gasteiger partial charge is 0.364 e. The van der Waals surface area contributed by atoms with E-state index in [2.05, 4.69) is 31.9 Å². The van der Waals surface area contributed by atoms with Crippen molar-refractivity contribution in [3.63, 3.8) is 0 Å². The maximum Gasteiger partial charge on any atom is 0.364 e. The third-order valence-corrected chi connectivity index (χ3v) is 24.3. The first-order valence-electron chi connectivity index (χ1n) is 42.8. The van der Waals surface area contributed by atoms with Crippen molar-refractivity contribution >= 4 is 41.4 Å². The largest absolute Gasteiger partial charge is 0.477 e. The molecule has 51 atom stereocenters. The predicted octanol–water partition coefficient (Wildman–Crippen LogP) is -22.7. The van der Waals surface area contributed by atoms with Gasteiger partial charge in [0.05, 0.1) is 78.2 Å². The van der Waals surface area contributed by atoms with E-state index in [-0.39, 0.29) is 0 Å². The molecule has 0 saturated carbocycles. The number of ether oxygens (including phenoxy) is 19. The number of hydrogen-bond acceptors (Lipinski definition) is 53. The van der Waals surface area contributed by atoms with Crippen LogP contribution < -0.4 is 31.9 Å². The van der Waals surface area contributed by atoms with E-state index in [0.717, 1.165) is 41.5 Å². The molecule has 60 nitrogen and oxygen atoms in total. The molecule has 0 spiro atoms. The minimum atomic E-state index is -3.36. The topological polar surface area (TPSA) is 933 Å². The molecule has 0 bridgehead atoms. The minimum absolute atomic E-state index is 0.830. The Hall–Kier alpha value is -5.55. The van der Waals surface area contributed by atoms with Crippen molar-refractivity contribution in [2.75, 3.05) is 66.1 Å². The number of nitrogens with one attached hydrogen (secondary N) is 6. The second-order valence-electron chi connectivity index (χ2n) is 33.9. The van der Waals surface area contributed by atoms with Crippen LogP contribution in [0.4, 0.5) is 0 Å². The molecular formula is C75H124N6O54. The fourth-order valence-electron chi connectivity index (χ4n) is 17.4. The summed E-state index contributed by atoms with van der Waals surface area (Å²) in [5.41, 5.74) is 0. The zero-order valence-electron chi connectivity index (χ0n) is 72.8. The van der Waals surface area contributed by atoms with Crippen LogP contribution in [0.3, 0.4) is 0 Å². The zero-order valence-corrected chi connectivity index (χ0v) is 72.8. The zero-order chi connectivity index (χ0) is 99.9. The van der Waals surface area contributed by atoms with E-state index in [1.165, 1.54) is 0 Å². The van der Waals surface area contributed by atoms with Crippen molar-refractivity contribution in [2.24, 2.45) is 0 Å². The molecule has 6 amide bonds. The van der Waals surface area contributed by atoms with Crippen molar-refractivity contribution in [3.8, 4) is 0 Å². The molecule has 60 heteroatoms. The van der Waals surface area contributed by atoms with Crippen molar-refractivity contribution in [3.05, 3.63) is 0 Å². The molecule has 10 rings (SSSR count). The second-order valence-corrected chi connectivity index (χ2v) is 33.9. The van der Waals surface area contributed by atoms with Crippen molar-refractivity contribution < 1.29 is 267 Å². The van der Waals surface area contributed by atoms with E-state index < -0.39 is 426 Å². The molecule has 0 aromatic carbocycles. The average molecular weight is 1970 g/mol. The summed E-state index contributed by atoms with van der Waals surface area (Å²) in [4.78, 5) is 90.6. The van der Waals surface area contributed by atoms with Gasteiger partial charge in [-0.2, -0.15) is 0 Å². The highest BCUT2D eigenvalue weighted by molar-refractivity contribution is 5.77. The summed E-state index contributed by atoms with van der Waals surface area (Å²) in [6.07, 6.45) is -101. The van der Waals surface area contributed by atoms with Gasteiger partial charge in [-0.05, 0) is 0 Å². The van der Waals surface area contributed by atoms with Gasteiger partial charge in [-0.15, -0.1) is 0 Å². The van der Waals surface area contributed by atoms with Gasteiger partial charge in [-0.25, -0.2) is 4.79 Å². The molecule has 10 fully saturated rings. The number of hydrogen-bond donors (Lipinski definition) is 34. The fraction of sp³-hybridized carbons (Fsp3) is 0.907. The molecule has 10 aliphatic heterocycles. The lowest BCUT2D eigenvalue weighted by Crippen LogP contribution is -2.72. The molecule has 10 saturated heterocycles. The molecule has 0 aliphatic carbocycles. The molecule has 10 heterocycles. The molecule has 10 aliphatic rings. The van der Waals surface area contributed by atoms with E-state index in [9.17, 15) is 177 Å². The Labute approximate surface area is 764 Å². The van der Waals surface area contributed by atoms with Crippen LogP contribution in [-0.2, 0) is 124 Å². The summed E-state index contributed by atoms with van der Waals surface area (Å²) < 4.78 is 116. The van der Waals surface area contributed by atoms with Crippen LogP contribution in [0.1, 0.15) is 48.0 Å². The van der Waals surface area contributed by atoms with Crippen molar-refractivity contribution in [1.82, 2.24) is 31.9 Å². The van der Waals surface area contributed by atoms with Crippen molar-refractivity contribution in [2.45, 2.75) is 360 Å². The Morgan fingerprint density at radius 3 is 1.00 bits per heavy atom. The Bertz CT molecular complexity index is 3820. The van der Waals surface area contributed by atoms with Crippen LogP contribution in [0.15, 0.2) is 0 Å². The summed E-state index contributed by atoms with van der Waals surface area (Å²) in [6, 6.07) is -11.7. The van der Waals surface area contributed by atoms with E-state index in [1.54, 1.807) is 0 Å². The van der Waals surface area contributed by atoms with Crippen LogP contribution in [0.2, 0.25) is 0 Å². The van der Waals surface area contributed by atoms with Crippen LogP contribution in [0, 0.1) is 0 Å². The van der Waals surface area contributed by atoms with Gasteiger partial charge in [-0.3, -0.25) is 28.8 Å². The van der Waals surface area contributed by atoms with Crippen LogP contribution in [0.25, 0.3) is 0 Å². The number of rotatable bonds is 37. The third kappa shape index (κ3) is 25.0. The van der Waals surface area contributed by atoms with Gasteiger partial charge in [0.1, 0.15) is 238 Å². The van der Waals surface area contributed by atoms with E-state index in [1.807, 2.05) is 0 Å². The summed E-state index contributed by atoms with van der Waals surface area (Å²) in [5, 5.41) is 331. The third-order valence-electron chi connectivity index (χ3n) is 24.3. The molecule has 0 aromatic heterocycles. The molecule has 778 valence electrons. The van der Waals surface area contributed by atoms with Crippen LogP contribution >= 0.6 is 0 Å². The normalized spacial score (nSPS) is 46.4. The Morgan fingerprint density at radius 1 is 0.304 bits per heavy atom. The summed E-state index contributed by atoms with van der Waals surface area (Å²) in [5.74, 6) is -11.4. The van der Waals surface area contributed by atoms with E-state index in [4.69, 9.17) is 90.0 Å². The van der Waals surface area contributed by atoms with Gasteiger partial charge in [0.25, 0.3) is 5.79 Å². The van der Waals surface area contributed by atoms with Gasteiger partial charge >= 0.3 is 5.97 Å². The highest BCUT2D eigenvalue weighted by atomic mass is 16.8. The lowest BCUT2D eigenvalue weighted by molar-refractivity contribution is -0.409. The molecule has 0 aromatic rings. The minimum Gasteiger partial charge on any atom is -0.477 e. The molecule has 34 N–H and O–H groups in total.